The number of amides is 2. The summed E-state index contributed by atoms with van der Waals surface area (Å²) in [5.74, 6) is -0.0462. The predicted octanol–water partition coefficient (Wildman–Crippen LogP) is 4.72. The molecule has 5 nitrogen and oxygen atoms in total. The van der Waals surface area contributed by atoms with Gasteiger partial charge in [-0.05, 0) is 48.7 Å². The molecule has 0 bridgehead atoms. The molecule has 1 aliphatic heterocycles. The molecule has 1 unspecified atom stereocenters. The van der Waals surface area contributed by atoms with Gasteiger partial charge in [-0.1, -0.05) is 26.0 Å². The van der Waals surface area contributed by atoms with Crippen LogP contribution < -0.4 is 10.2 Å². The average molecular weight is 394 g/mol. The highest BCUT2D eigenvalue weighted by molar-refractivity contribution is 7.18. The van der Waals surface area contributed by atoms with Gasteiger partial charge < -0.3 is 10.2 Å². The minimum absolute atomic E-state index is 0.0263. The number of rotatable bonds is 4. The van der Waals surface area contributed by atoms with E-state index in [1.165, 1.54) is 5.56 Å². The number of benzene rings is 2. The molecule has 28 heavy (non-hydrogen) atoms. The van der Waals surface area contributed by atoms with Crippen molar-refractivity contribution >= 4 is 44.7 Å². The third kappa shape index (κ3) is 3.64. The van der Waals surface area contributed by atoms with Crippen molar-refractivity contribution in [2.45, 2.75) is 33.1 Å². The number of carbonyl (C=O) groups is 2. The summed E-state index contributed by atoms with van der Waals surface area (Å²) in [5.41, 5.74) is 3.69. The fraction of sp³-hybridized carbons (Fsp3) is 0.318. The Hall–Kier alpha value is -2.73. The number of aryl methyl sites for hydroxylation is 1. The van der Waals surface area contributed by atoms with Gasteiger partial charge in [0.1, 0.15) is 0 Å². The number of fused-ring (bicyclic) bond motifs is 1. The summed E-state index contributed by atoms with van der Waals surface area (Å²) in [7, 11) is 0. The summed E-state index contributed by atoms with van der Waals surface area (Å²) < 4.78 is 1.10. The first-order valence-corrected chi connectivity index (χ1v) is 10.3. The van der Waals surface area contributed by atoms with E-state index in [0.717, 1.165) is 26.6 Å². The molecule has 1 N–H and O–H groups in total. The fourth-order valence-corrected chi connectivity index (χ4v) is 4.33. The van der Waals surface area contributed by atoms with E-state index in [1.54, 1.807) is 16.2 Å². The molecule has 1 atom stereocenters. The van der Waals surface area contributed by atoms with E-state index in [9.17, 15) is 9.59 Å². The van der Waals surface area contributed by atoms with Crippen LogP contribution in [0, 0.1) is 12.8 Å². The lowest BCUT2D eigenvalue weighted by Gasteiger charge is -2.17. The number of anilines is 2. The lowest BCUT2D eigenvalue weighted by atomic mass is 10.0. The fourth-order valence-electron chi connectivity index (χ4n) is 3.53. The molecule has 6 heteroatoms. The van der Waals surface area contributed by atoms with E-state index < -0.39 is 0 Å². The molecule has 4 rings (SSSR count). The number of hydrogen-bond donors (Lipinski definition) is 1. The van der Waals surface area contributed by atoms with Gasteiger partial charge in [0, 0.05) is 24.3 Å². The highest BCUT2D eigenvalue weighted by atomic mass is 32.1. The lowest BCUT2D eigenvalue weighted by Crippen LogP contribution is -2.28. The molecule has 2 heterocycles. The van der Waals surface area contributed by atoms with Crippen LogP contribution in [0.3, 0.4) is 0 Å². The second kappa shape index (κ2) is 7.36. The molecular weight excluding hydrogens is 370 g/mol. The van der Waals surface area contributed by atoms with Gasteiger partial charge in [0.25, 0.3) is 0 Å². The lowest BCUT2D eigenvalue weighted by molar-refractivity contribution is -0.122. The highest BCUT2D eigenvalue weighted by Crippen LogP contribution is 2.30. The smallest absolute Gasteiger partial charge is 0.229 e. The van der Waals surface area contributed by atoms with Crippen molar-refractivity contribution in [3.05, 3.63) is 53.0 Å². The minimum atomic E-state index is -0.356. The molecule has 1 aromatic heterocycles. The molecule has 1 saturated heterocycles. The molecular formula is C22H23N3O2S. The molecule has 2 aromatic carbocycles. The van der Waals surface area contributed by atoms with Gasteiger partial charge in [-0.3, -0.25) is 9.59 Å². The molecule has 0 radical (unpaired) electrons. The van der Waals surface area contributed by atoms with Crippen LogP contribution in [-0.4, -0.2) is 23.3 Å². The molecule has 0 aliphatic carbocycles. The van der Waals surface area contributed by atoms with E-state index in [2.05, 4.69) is 24.1 Å². The van der Waals surface area contributed by atoms with Crippen molar-refractivity contribution in [1.29, 1.82) is 0 Å². The first-order chi connectivity index (χ1) is 13.4. The first-order valence-electron chi connectivity index (χ1n) is 9.49. The average Bonchev–Trinajstić information content (AvgIpc) is 3.23. The summed E-state index contributed by atoms with van der Waals surface area (Å²) in [6.07, 6.45) is 0.226. The van der Waals surface area contributed by atoms with Gasteiger partial charge in [0.05, 0.1) is 21.1 Å². The molecule has 3 aromatic rings. The van der Waals surface area contributed by atoms with Crippen LogP contribution in [0.25, 0.3) is 10.2 Å². The number of aromatic nitrogens is 1. The van der Waals surface area contributed by atoms with Crippen LogP contribution in [0.5, 0.6) is 0 Å². The van der Waals surface area contributed by atoms with Gasteiger partial charge in [0.15, 0.2) is 0 Å². The Balaban J connectivity index is 1.46. The second-order valence-corrected chi connectivity index (χ2v) is 8.79. The quantitative estimate of drug-likeness (QED) is 0.698. The van der Waals surface area contributed by atoms with Crippen LogP contribution in [-0.2, 0) is 9.59 Å². The first kappa shape index (κ1) is 18.6. The van der Waals surface area contributed by atoms with E-state index in [4.69, 9.17) is 0 Å². The van der Waals surface area contributed by atoms with Crippen LogP contribution in [0.4, 0.5) is 11.4 Å². The Kier molecular flexibility index (Phi) is 4.89. The zero-order valence-corrected chi connectivity index (χ0v) is 17.0. The van der Waals surface area contributed by atoms with E-state index >= 15 is 0 Å². The molecule has 144 valence electrons. The van der Waals surface area contributed by atoms with E-state index in [0.29, 0.717) is 12.5 Å². The van der Waals surface area contributed by atoms with Crippen LogP contribution in [0.2, 0.25) is 0 Å². The Morgan fingerprint density at radius 3 is 2.68 bits per heavy atom. The molecule has 0 spiro atoms. The van der Waals surface area contributed by atoms with Crippen molar-refractivity contribution in [2.24, 2.45) is 5.92 Å². The van der Waals surface area contributed by atoms with Gasteiger partial charge in [-0.2, -0.15) is 0 Å². The summed E-state index contributed by atoms with van der Waals surface area (Å²) in [5, 5.41) is 3.95. The molecule has 2 amide bonds. The minimum Gasteiger partial charge on any atom is -0.326 e. The molecule has 1 fully saturated rings. The number of thiazole rings is 1. The monoisotopic (exact) mass is 393 g/mol. The maximum Gasteiger partial charge on any atom is 0.229 e. The highest BCUT2D eigenvalue weighted by Gasteiger charge is 2.35. The Labute approximate surface area is 168 Å². The molecule has 0 saturated carbocycles. The SMILES string of the molecule is Cc1nc2cc(N3CC(C(=O)Nc4ccc(C(C)C)cc4)CC3=O)ccc2s1. The Morgan fingerprint density at radius 1 is 1.21 bits per heavy atom. The number of hydrogen-bond acceptors (Lipinski definition) is 4. The number of carbonyl (C=O) groups excluding carboxylic acids is 2. The largest absolute Gasteiger partial charge is 0.326 e. The van der Waals surface area contributed by atoms with Crippen molar-refractivity contribution in [1.82, 2.24) is 4.98 Å². The number of nitrogens with one attached hydrogen (secondary N) is 1. The third-order valence-corrected chi connectivity index (χ3v) is 6.08. The topological polar surface area (TPSA) is 62.3 Å². The summed E-state index contributed by atoms with van der Waals surface area (Å²) in [4.78, 5) is 31.4. The molecule has 1 aliphatic rings. The Bertz CT molecular complexity index is 1040. The standard InChI is InChI=1S/C22H23N3O2S/c1-13(2)15-4-6-17(7-5-15)24-22(27)16-10-21(26)25(12-16)18-8-9-20-19(11-18)23-14(3)28-20/h4-9,11,13,16H,10,12H2,1-3H3,(H,24,27). The predicted molar refractivity (Wildman–Crippen MR) is 114 cm³/mol. The number of nitrogens with zero attached hydrogens (tertiary/aromatic N) is 2. The zero-order chi connectivity index (χ0) is 19.8. The van der Waals surface area contributed by atoms with Crippen LogP contribution in [0.15, 0.2) is 42.5 Å². The van der Waals surface area contributed by atoms with E-state index in [-0.39, 0.29) is 24.2 Å². The summed E-state index contributed by atoms with van der Waals surface area (Å²) in [6.45, 7) is 6.63. The summed E-state index contributed by atoms with van der Waals surface area (Å²) in [6, 6.07) is 13.7. The zero-order valence-electron chi connectivity index (χ0n) is 16.2. The third-order valence-electron chi connectivity index (χ3n) is 5.13. The van der Waals surface area contributed by atoms with Gasteiger partial charge in [0.2, 0.25) is 11.8 Å². The van der Waals surface area contributed by atoms with Crippen molar-refractivity contribution in [3.8, 4) is 0 Å². The van der Waals surface area contributed by atoms with Gasteiger partial charge >= 0.3 is 0 Å². The normalized spacial score (nSPS) is 16.9. The maximum absolute atomic E-state index is 12.7. The van der Waals surface area contributed by atoms with Gasteiger partial charge in [-0.25, -0.2) is 4.98 Å². The summed E-state index contributed by atoms with van der Waals surface area (Å²) >= 11 is 1.63. The van der Waals surface area contributed by atoms with Gasteiger partial charge in [-0.15, -0.1) is 11.3 Å². The van der Waals surface area contributed by atoms with Crippen molar-refractivity contribution in [2.75, 3.05) is 16.8 Å². The second-order valence-electron chi connectivity index (χ2n) is 7.56. The van der Waals surface area contributed by atoms with Crippen LogP contribution in [0.1, 0.15) is 36.8 Å². The van der Waals surface area contributed by atoms with Crippen molar-refractivity contribution in [3.63, 3.8) is 0 Å². The van der Waals surface area contributed by atoms with Crippen LogP contribution >= 0.6 is 11.3 Å². The maximum atomic E-state index is 12.7. The van der Waals surface area contributed by atoms with Crippen molar-refractivity contribution < 1.29 is 9.59 Å². The Morgan fingerprint density at radius 2 is 1.96 bits per heavy atom. The van der Waals surface area contributed by atoms with E-state index in [1.807, 2.05) is 49.4 Å².